The lowest BCUT2D eigenvalue weighted by atomic mass is 10.3. The van der Waals surface area contributed by atoms with Crippen LogP contribution in [0.4, 0.5) is 13.6 Å². The molecule has 1 fully saturated rings. The van der Waals surface area contributed by atoms with Crippen molar-refractivity contribution in [1.82, 2.24) is 0 Å². The van der Waals surface area contributed by atoms with E-state index in [1.165, 1.54) is 0 Å². The van der Waals surface area contributed by atoms with E-state index in [2.05, 4.69) is 13.7 Å². The van der Waals surface area contributed by atoms with Gasteiger partial charge in [-0.1, -0.05) is 0 Å². The van der Waals surface area contributed by atoms with Crippen LogP contribution in [0.25, 0.3) is 0 Å². The third-order valence-corrected chi connectivity index (χ3v) is 3.45. The predicted octanol–water partition coefficient (Wildman–Crippen LogP) is 1.21. The van der Waals surface area contributed by atoms with Gasteiger partial charge in [-0.15, -0.1) is 0 Å². The normalized spacial score (nSPS) is 21.1. The van der Waals surface area contributed by atoms with Crippen molar-refractivity contribution >= 4 is 16.3 Å². The maximum absolute atomic E-state index is 12.8. The summed E-state index contributed by atoms with van der Waals surface area (Å²) in [6, 6.07) is 2.47. The van der Waals surface area contributed by atoms with E-state index < -0.39 is 39.8 Å². The maximum Gasteiger partial charge on any atom is 0.514 e. The number of ether oxygens (including phenoxy) is 2. The molecule has 1 aliphatic rings. The first-order chi connectivity index (χ1) is 8.85. The molecule has 0 bridgehead atoms. The average Bonchev–Trinajstić information content (AvgIpc) is 2.63. The van der Waals surface area contributed by atoms with Crippen molar-refractivity contribution in [2.24, 2.45) is 0 Å². The molecule has 2 rings (SSSR count). The van der Waals surface area contributed by atoms with Gasteiger partial charge in [-0.3, -0.25) is 4.18 Å². The molecule has 0 radical (unpaired) electrons. The summed E-state index contributed by atoms with van der Waals surface area (Å²) >= 11 is 0. The lowest BCUT2D eigenvalue weighted by Crippen LogP contribution is -2.23. The van der Waals surface area contributed by atoms with Crippen molar-refractivity contribution < 1.29 is 35.6 Å². The van der Waals surface area contributed by atoms with Crippen molar-refractivity contribution in [2.75, 3.05) is 12.4 Å². The maximum atomic E-state index is 12.8. The van der Waals surface area contributed by atoms with Gasteiger partial charge >= 0.3 is 6.16 Å². The van der Waals surface area contributed by atoms with Crippen molar-refractivity contribution in [2.45, 2.75) is 6.10 Å². The topological polar surface area (TPSA) is 78.9 Å². The van der Waals surface area contributed by atoms with Gasteiger partial charge in [0.15, 0.2) is 11.6 Å². The molecule has 1 aliphatic heterocycles. The van der Waals surface area contributed by atoms with Crippen molar-refractivity contribution in [3.63, 3.8) is 0 Å². The van der Waals surface area contributed by atoms with Crippen LogP contribution in [-0.2, 0) is 19.0 Å². The zero-order chi connectivity index (χ0) is 14.0. The molecule has 1 aromatic carbocycles. The SMILES string of the molecule is O=C(Oc1ccc(F)c(F)c1)OC1COS(=O)(=O)C1. The van der Waals surface area contributed by atoms with Gasteiger partial charge in [0.1, 0.15) is 24.2 Å². The highest BCUT2D eigenvalue weighted by Gasteiger charge is 2.32. The van der Waals surface area contributed by atoms with Gasteiger partial charge in [0, 0.05) is 6.07 Å². The Morgan fingerprint density at radius 1 is 1.32 bits per heavy atom. The van der Waals surface area contributed by atoms with Crippen molar-refractivity contribution in [3.05, 3.63) is 29.8 Å². The second-order valence-electron chi connectivity index (χ2n) is 3.68. The van der Waals surface area contributed by atoms with E-state index in [0.717, 1.165) is 12.1 Å². The Kier molecular flexibility index (Phi) is 3.67. The number of rotatable bonds is 2. The minimum Gasteiger partial charge on any atom is -0.427 e. The second-order valence-corrected chi connectivity index (χ2v) is 5.36. The summed E-state index contributed by atoms with van der Waals surface area (Å²) in [4.78, 5) is 11.3. The molecular weight excluding hydrogens is 286 g/mol. The number of hydrogen-bond donors (Lipinski definition) is 0. The first-order valence-corrected chi connectivity index (χ1v) is 6.64. The third kappa shape index (κ3) is 3.61. The molecule has 0 amide bonds. The van der Waals surface area contributed by atoms with E-state index in [0.29, 0.717) is 6.07 Å². The minimum absolute atomic E-state index is 0.259. The monoisotopic (exact) mass is 294 g/mol. The summed E-state index contributed by atoms with van der Waals surface area (Å²) in [6.07, 6.45) is -2.21. The Morgan fingerprint density at radius 3 is 2.63 bits per heavy atom. The predicted molar refractivity (Wildman–Crippen MR) is 57.0 cm³/mol. The van der Waals surface area contributed by atoms with Gasteiger partial charge in [0.25, 0.3) is 10.1 Å². The molecule has 1 aromatic rings. The van der Waals surface area contributed by atoms with Crippen LogP contribution in [-0.4, -0.2) is 33.0 Å². The summed E-state index contributed by atoms with van der Waals surface area (Å²) in [5.41, 5.74) is 0. The first kappa shape index (κ1) is 13.7. The highest BCUT2D eigenvalue weighted by atomic mass is 32.2. The van der Waals surface area contributed by atoms with Gasteiger partial charge in [-0.25, -0.2) is 13.6 Å². The van der Waals surface area contributed by atoms with Crippen LogP contribution in [0.1, 0.15) is 0 Å². The summed E-state index contributed by atoms with van der Waals surface area (Å²) < 4.78 is 60.9. The molecule has 1 atom stereocenters. The number of benzene rings is 1. The molecule has 104 valence electrons. The van der Waals surface area contributed by atoms with Gasteiger partial charge < -0.3 is 9.47 Å². The van der Waals surface area contributed by atoms with Crippen LogP contribution in [0, 0.1) is 11.6 Å². The Labute approximate surface area is 107 Å². The van der Waals surface area contributed by atoms with Crippen LogP contribution in [0.5, 0.6) is 5.75 Å². The Balaban J connectivity index is 1.93. The third-order valence-electron chi connectivity index (χ3n) is 2.18. The molecule has 6 nitrogen and oxygen atoms in total. The second kappa shape index (κ2) is 5.10. The van der Waals surface area contributed by atoms with Gasteiger partial charge in [0.05, 0.1) is 0 Å². The molecule has 1 unspecified atom stereocenters. The Bertz CT molecular complexity index is 600. The highest BCUT2D eigenvalue weighted by Crippen LogP contribution is 2.17. The van der Waals surface area contributed by atoms with Crippen LogP contribution in [0.2, 0.25) is 0 Å². The molecule has 0 spiro atoms. The highest BCUT2D eigenvalue weighted by molar-refractivity contribution is 7.87. The molecule has 0 N–H and O–H groups in total. The molecule has 0 aromatic heterocycles. The lowest BCUT2D eigenvalue weighted by molar-refractivity contribution is 0.0572. The van der Waals surface area contributed by atoms with E-state index in [1.807, 2.05) is 0 Å². The Morgan fingerprint density at radius 2 is 2.05 bits per heavy atom. The molecule has 1 saturated heterocycles. The fourth-order valence-electron chi connectivity index (χ4n) is 1.37. The molecule has 1 heterocycles. The Hall–Kier alpha value is -1.74. The average molecular weight is 294 g/mol. The molecule has 9 heteroatoms. The van der Waals surface area contributed by atoms with Crippen LogP contribution >= 0.6 is 0 Å². The van der Waals surface area contributed by atoms with Crippen molar-refractivity contribution in [1.29, 1.82) is 0 Å². The number of carbonyl (C=O) groups excluding carboxylic acids is 1. The summed E-state index contributed by atoms with van der Waals surface area (Å²) in [7, 11) is -3.67. The number of hydrogen-bond acceptors (Lipinski definition) is 6. The van der Waals surface area contributed by atoms with Crippen LogP contribution in [0.15, 0.2) is 18.2 Å². The van der Waals surface area contributed by atoms with Gasteiger partial charge in [-0.05, 0) is 12.1 Å². The van der Waals surface area contributed by atoms with Crippen LogP contribution in [0.3, 0.4) is 0 Å². The van der Waals surface area contributed by atoms with E-state index in [9.17, 15) is 22.0 Å². The summed E-state index contributed by atoms with van der Waals surface area (Å²) in [5, 5.41) is 0. The standard InChI is InChI=1S/C10H8F2O6S/c11-8-2-1-6(3-9(8)12)17-10(13)18-7-4-16-19(14,15)5-7/h1-3,7H,4-5H2. The van der Waals surface area contributed by atoms with E-state index in [1.54, 1.807) is 0 Å². The minimum atomic E-state index is -3.67. The van der Waals surface area contributed by atoms with E-state index in [4.69, 9.17) is 0 Å². The molecule has 0 saturated carbocycles. The number of halogens is 2. The summed E-state index contributed by atoms with van der Waals surface area (Å²) in [6.45, 7) is -0.296. The fourth-order valence-corrected chi connectivity index (χ4v) is 2.44. The number of carbonyl (C=O) groups is 1. The first-order valence-electron chi connectivity index (χ1n) is 5.06. The quantitative estimate of drug-likeness (QED) is 0.463. The van der Waals surface area contributed by atoms with Crippen LogP contribution < -0.4 is 4.74 Å². The van der Waals surface area contributed by atoms with Gasteiger partial charge in [0.2, 0.25) is 0 Å². The van der Waals surface area contributed by atoms with Gasteiger partial charge in [-0.2, -0.15) is 8.42 Å². The smallest absolute Gasteiger partial charge is 0.427 e. The molecular formula is C10H8F2O6S. The zero-order valence-electron chi connectivity index (χ0n) is 9.34. The molecule has 0 aliphatic carbocycles. The van der Waals surface area contributed by atoms with E-state index in [-0.39, 0.29) is 12.4 Å². The van der Waals surface area contributed by atoms with E-state index >= 15 is 0 Å². The fraction of sp³-hybridized carbons (Fsp3) is 0.300. The zero-order valence-corrected chi connectivity index (χ0v) is 10.2. The summed E-state index contributed by atoms with van der Waals surface area (Å²) in [5.74, 6) is -3.00. The molecule has 19 heavy (non-hydrogen) atoms. The van der Waals surface area contributed by atoms with Crippen molar-refractivity contribution in [3.8, 4) is 5.75 Å². The largest absolute Gasteiger partial charge is 0.514 e. The lowest BCUT2D eigenvalue weighted by Gasteiger charge is -2.09.